The molecule has 0 aliphatic carbocycles. The maximum absolute atomic E-state index is 11.8. The van der Waals surface area contributed by atoms with Gasteiger partial charge >= 0.3 is 0 Å². The molecule has 0 atom stereocenters. The predicted octanol–water partition coefficient (Wildman–Crippen LogP) is 2.04. The molecule has 0 fully saturated rings. The topological polar surface area (TPSA) is 73.3 Å². The van der Waals surface area contributed by atoms with E-state index >= 15 is 0 Å². The van der Waals surface area contributed by atoms with Crippen LogP contribution in [0.15, 0.2) is 45.9 Å². The number of nitro groups is 1. The zero-order chi connectivity index (χ0) is 11.5. The minimum absolute atomic E-state index is 0.162. The van der Waals surface area contributed by atoms with Crippen LogP contribution in [0.3, 0.4) is 0 Å². The first kappa shape index (κ1) is 10.1. The summed E-state index contributed by atoms with van der Waals surface area (Å²) < 4.78 is 5.18. The molecule has 0 N–H and O–H groups in total. The molecule has 5 heteroatoms. The van der Waals surface area contributed by atoms with Crippen LogP contribution in [0.1, 0.15) is 5.56 Å². The van der Waals surface area contributed by atoms with Gasteiger partial charge in [-0.15, -0.1) is 0 Å². The molecule has 0 bridgehead atoms. The summed E-state index contributed by atoms with van der Waals surface area (Å²) in [5, 5.41) is 10.5. The van der Waals surface area contributed by atoms with Crippen LogP contribution in [-0.2, 0) is 0 Å². The number of rotatable bonds is 2. The highest BCUT2D eigenvalue weighted by Crippen LogP contribution is 2.10. The van der Waals surface area contributed by atoms with Gasteiger partial charge in [-0.3, -0.25) is 14.9 Å². The van der Waals surface area contributed by atoms with Crippen molar-refractivity contribution in [1.82, 2.24) is 0 Å². The van der Waals surface area contributed by atoms with Crippen molar-refractivity contribution in [2.24, 2.45) is 0 Å². The minimum Gasteiger partial charge on any atom is -0.463 e. The Morgan fingerprint density at radius 2 is 2.06 bits per heavy atom. The summed E-state index contributed by atoms with van der Waals surface area (Å²) in [5.74, 6) is 0. The van der Waals surface area contributed by atoms with Gasteiger partial charge in [0.05, 0.1) is 15.9 Å². The van der Waals surface area contributed by atoms with Gasteiger partial charge in [0.15, 0.2) is 5.43 Å². The van der Waals surface area contributed by atoms with E-state index < -0.39 is 4.92 Å². The lowest BCUT2D eigenvalue weighted by atomic mass is 10.2. The largest absolute Gasteiger partial charge is 0.463 e. The Balaban J connectivity index is 2.61. The third-order valence-electron chi connectivity index (χ3n) is 2.08. The quantitative estimate of drug-likeness (QED) is 0.569. The van der Waals surface area contributed by atoms with Gasteiger partial charge < -0.3 is 4.42 Å². The van der Waals surface area contributed by atoms with Gasteiger partial charge in [0.1, 0.15) is 11.8 Å². The van der Waals surface area contributed by atoms with Crippen LogP contribution in [0.2, 0.25) is 0 Å². The van der Waals surface area contributed by atoms with Crippen molar-refractivity contribution in [3.8, 4) is 0 Å². The summed E-state index contributed by atoms with van der Waals surface area (Å²) in [6.45, 7) is 0. The zero-order valence-electron chi connectivity index (χ0n) is 8.12. The second-order valence-corrected chi connectivity index (χ2v) is 3.12. The van der Waals surface area contributed by atoms with Gasteiger partial charge in [-0.25, -0.2) is 0 Å². The van der Waals surface area contributed by atoms with Crippen LogP contribution in [-0.4, -0.2) is 4.92 Å². The molecule has 0 saturated carbocycles. The molecule has 0 radical (unpaired) electrons. The fourth-order valence-electron chi connectivity index (χ4n) is 1.35. The molecule has 2 aromatic rings. The summed E-state index contributed by atoms with van der Waals surface area (Å²) in [5.41, 5.74) is 0.348. The average Bonchev–Trinajstić information content (AvgIpc) is 2.28. The van der Waals surface area contributed by atoms with Crippen molar-refractivity contribution in [3.05, 3.63) is 62.6 Å². The van der Waals surface area contributed by atoms with Gasteiger partial charge in [-0.05, 0) is 12.1 Å². The molecule has 1 aromatic carbocycles. The van der Waals surface area contributed by atoms with Gasteiger partial charge in [0, 0.05) is 6.08 Å². The van der Waals surface area contributed by atoms with E-state index in [1.807, 2.05) is 0 Å². The lowest BCUT2D eigenvalue weighted by Crippen LogP contribution is -2.04. The molecule has 0 aliphatic heterocycles. The Morgan fingerprint density at radius 3 is 2.81 bits per heavy atom. The smallest absolute Gasteiger partial charge is 0.235 e. The molecule has 5 nitrogen and oxygen atoms in total. The highest BCUT2D eigenvalue weighted by atomic mass is 16.6. The van der Waals surface area contributed by atoms with E-state index in [2.05, 4.69) is 0 Å². The number of benzene rings is 1. The van der Waals surface area contributed by atoms with Crippen molar-refractivity contribution in [2.75, 3.05) is 0 Å². The monoisotopic (exact) mass is 217 g/mol. The van der Waals surface area contributed by atoms with Crippen molar-refractivity contribution in [3.63, 3.8) is 0 Å². The number of nitrogens with zero attached hydrogens (tertiary/aromatic N) is 1. The fraction of sp³-hybridized carbons (Fsp3) is 0. The highest BCUT2D eigenvalue weighted by Gasteiger charge is 2.04. The molecule has 1 aromatic heterocycles. The van der Waals surface area contributed by atoms with E-state index in [4.69, 9.17) is 4.42 Å². The number of fused-ring (bicyclic) bond motifs is 1. The first-order chi connectivity index (χ1) is 7.68. The number of para-hydroxylation sites is 1. The summed E-state index contributed by atoms with van der Waals surface area (Å²) >= 11 is 0. The second-order valence-electron chi connectivity index (χ2n) is 3.12. The van der Waals surface area contributed by atoms with Crippen LogP contribution >= 0.6 is 0 Å². The van der Waals surface area contributed by atoms with Gasteiger partial charge in [0.25, 0.3) is 0 Å². The van der Waals surface area contributed by atoms with Gasteiger partial charge in [-0.1, -0.05) is 12.1 Å². The standard InChI is InChI=1S/C11H7NO4/c13-11-8(5-6-12(14)15)7-16-10-4-2-1-3-9(10)11/h1-7H. The van der Waals surface area contributed by atoms with E-state index in [1.165, 1.54) is 6.26 Å². The SMILES string of the molecule is O=c1c(C=C[N+](=O)[O-])coc2ccccc12. The summed E-state index contributed by atoms with van der Waals surface area (Å²) in [6.07, 6.45) is 3.05. The van der Waals surface area contributed by atoms with Crippen LogP contribution < -0.4 is 5.43 Å². The maximum atomic E-state index is 11.8. The molecule has 1 heterocycles. The predicted molar refractivity (Wildman–Crippen MR) is 58.5 cm³/mol. The molecule has 0 saturated heterocycles. The zero-order valence-corrected chi connectivity index (χ0v) is 8.12. The van der Waals surface area contributed by atoms with E-state index in [0.29, 0.717) is 17.2 Å². The van der Waals surface area contributed by atoms with E-state index in [9.17, 15) is 14.9 Å². The van der Waals surface area contributed by atoms with Crippen molar-refractivity contribution in [1.29, 1.82) is 0 Å². The van der Waals surface area contributed by atoms with Crippen molar-refractivity contribution in [2.45, 2.75) is 0 Å². The minimum atomic E-state index is -0.630. The van der Waals surface area contributed by atoms with Crippen LogP contribution in [0.25, 0.3) is 17.0 Å². The van der Waals surface area contributed by atoms with Gasteiger partial charge in [-0.2, -0.15) is 0 Å². The van der Waals surface area contributed by atoms with Crippen LogP contribution in [0.5, 0.6) is 0 Å². The molecule has 0 spiro atoms. The summed E-state index contributed by atoms with van der Waals surface area (Å²) in [6, 6.07) is 6.74. The lowest BCUT2D eigenvalue weighted by molar-refractivity contribution is -0.400. The third kappa shape index (κ3) is 1.83. The van der Waals surface area contributed by atoms with Crippen molar-refractivity contribution < 1.29 is 9.34 Å². The van der Waals surface area contributed by atoms with E-state index in [0.717, 1.165) is 6.08 Å². The summed E-state index contributed by atoms with van der Waals surface area (Å²) in [7, 11) is 0. The molecule has 16 heavy (non-hydrogen) atoms. The molecule has 0 amide bonds. The molecule has 0 unspecified atom stereocenters. The van der Waals surface area contributed by atoms with Gasteiger partial charge in [0.2, 0.25) is 6.20 Å². The molecule has 80 valence electrons. The maximum Gasteiger partial charge on any atom is 0.235 e. The fourth-order valence-corrected chi connectivity index (χ4v) is 1.35. The van der Waals surface area contributed by atoms with E-state index in [1.54, 1.807) is 24.3 Å². The number of hydrogen-bond acceptors (Lipinski definition) is 4. The highest BCUT2D eigenvalue weighted by molar-refractivity contribution is 5.78. The molecule has 0 aliphatic rings. The average molecular weight is 217 g/mol. The third-order valence-corrected chi connectivity index (χ3v) is 2.08. The van der Waals surface area contributed by atoms with Crippen LogP contribution in [0.4, 0.5) is 0 Å². The first-order valence-corrected chi connectivity index (χ1v) is 4.51. The van der Waals surface area contributed by atoms with E-state index in [-0.39, 0.29) is 11.0 Å². The Bertz CT molecular complexity index is 627. The molecule has 2 rings (SSSR count). The van der Waals surface area contributed by atoms with Crippen LogP contribution in [0, 0.1) is 10.1 Å². The lowest BCUT2D eigenvalue weighted by Gasteiger charge is -1.96. The van der Waals surface area contributed by atoms with Crippen molar-refractivity contribution >= 4 is 17.0 Å². The molecular weight excluding hydrogens is 210 g/mol. The Labute approximate surface area is 89.8 Å². The normalized spacial score (nSPS) is 11.0. The Morgan fingerprint density at radius 1 is 1.31 bits per heavy atom. The Kier molecular flexibility index (Phi) is 2.51. The summed E-state index contributed by atoms with van der Waals surface area (Å²) in [4.78, 5) is 21.3. The number of hydrogen-bond donors (Lipinski definition) is 0. The second kappa shape index (κ2) is 3.98. The Hall–Kier alpha value is -2.43. The molecular formula is C11H7NO4. The first-order valence-electron chi connectivity index (χ1n) is 4.51.